The van der Waals surface area contributed by atoms with Gasteiger partial charge in [-0.25, -0.2) is 0 Å². The van der Waals surface area contributed by atoms with Gasteiger partial charge >= 0.3 is 17.9 Å². The predicted molar refractivity (Wildman–Crippen MR) is 315 cm³/mol. The standard InChI is InChI=1S/C67H102O6/c1-4-7-10-13-16-19-22-25-28-31-33-36-39-42-45-48-51-54-57-60-66(69)72-63-64(62-71-65(68)59-56-53-50-47-44-41-38-35-30-27-24-21-18-15-12-9-6-3)73-67(70)61-58-55-52-49-46-43-40-37-34-32-29-26-23-20-17-14-11-8-5-2/h7,10,16-21,25-30,33-34,36-38,41-43,45-47,50-51,54,64H,4-6,8-9,11-15,22-24,31-32,35,39-40,44,48-49,52-53,55-63H2,1-3H3/b10-7-,19-16-,20-17-,21-18-,28-25-,29-26-,30-27-,36-33-,37-34-,41-38-,45-42-,46-43-,50-47-,54-51-/t64-/m0/s1. The Morgan fingerprint density at radius 2 is 0.575 bits per heavy atom. The number of ether oxygens (including phenoxy) is 3. The van der Waals surface area contributed by atoms with E-state index in [9.17, 15) is 14.4 Å². The molecule has 0 N–H and O–H groups in total. The summed E-state index contributed by atoms with van der Waals surface area (Å²) in [6, 6.07) is 0. The van der Waals surface area contributed by atoms with E-state index in [4.69, 9.17) is 14.2 Å². The SMILES string of the molecule is CC/C=C\C/C=C\C/C=C\C/C=C\C/C=C\C/C=C\CCC(=O)OC[C@H](COC(=O)CCC/C=C\C/C=C\C/C=C\C/C=C\CCCCC)OC(=O)CCCCC/C=C\C/C=C\C/C=C\C/C=C\CCCCC. The lowest BCUT2D eigenvalue weighted by Crippen LogP contribution is -2.30. The summed E-state index contributed by atoms with van der Waals surface area (Å²) in [5.41, 5.74) is 0. The third-order valence-corrected chi connectivity index (χ3v) is 11.2. The number of rotatable bonds is 49. The van der Waals surface area contributed by atoms with Crippen molar-refractivity contribution in [1.82, 2.24) is 0 Å². The number of hydrogen-bond acceptors (Lipinski definition) is 6. The fourth-order valence-corrected chi connectivity index (χ4v) is 6.91. The molecule has 73 heavy (non-hydrogen) atoms. The van der Waals surface area contributed by atoms with Gasteiger partial charge in [0.05, 0.1) is 0 Å². The second kappa shape index (κ2) is 59.3. The topological polar surface area (TPSA) is 78.9 Å². The smallest absolute Gasteiger partial charge is 0.306 e. The van der Waals surface area contributed by atoms with E-state index < -0.39 is 6.10 Å². The highest BCUT2D eigenvalue weighted by atomic mass is 16.6. The van der Waals surface area contributed by atoms with Crippen LogP contribution in [0.15, 0.2) is 170 Å². The number of carbonyl (C=O) groups is 3. The molecule has 0 amide bonds. The van der Waals surface area contributed by atoms with Gasteiger partial charge in [-0.1, -0.05) is 223 Å². The van der Waals surface area contributed by atoms with Gasteiger partial charge in [-0.3, -0.25) is 14.4 Å². The molecule has 1 atom stereocenters. The molecule has 6 nitrogen and oxygen atoms in total. The molecule has 0 unspecified atom stereocenters. The van der Waals surface area contributed by atoms with E-state index in [-0.39, 0.29) is 50.4 Å². The summed E-state index contributed by atoms with van der Waals surface area (Å²) < 4.78 is 16.7. The van der Waals surface area contributed by atoms with E-state index in [0.717, 1.165) is 103 Å². The van der Waals surface area contributed by atoms with Crippen LogP contribution in [0.4, 0.5) is 0 Å². The first-order valence-corrected chi connectivity index (χ1v) is 28.6. The fraction of sp³-hybridized carbons (Fsp3) is 0.537. The van der Waals surface area contributed by atoms with Crippen LogP contribution >= 0.6 is 0 Å². The van der Waals surface area contributed by atoms with Crippen molar-refractivity contribution in [3.63, 3.8) is 0 Å². The highest BCUT2D eigenvalue weighted by molar-refractivity contribution is 5.71. The molecule has 0 aromatic rings. The molecule has 0 aromatic heterocycles. The average molecular weight is 1000 g/mol. The molecule has 0 rings (SSSR count). The van der Waals surface area contributed by atoms with Gasteiger partial charge in [0.2, 0.25) is 0 Å². The maximum absolute atomic E-state index is 12.9. The van der Waals surface area contributed by atoms with Gasteiger partial charge in [0.1, 0.15) is 13.2 Å². The molecule has 0 aliphatic rings. The summed E-state index contributed by atoms with van der Waals surface area (Å²) in [6.07, 6.45) is 87.8. The van der Waals surface area contributed by atoms with Gasteiger partial charge < -0.3 is 14.2 Å². The second-order valence-electron chi connectivity index (χ2n) is 18.1. The van der Waals surface area contributed by atoms with Crippen molar-refractivity contribution in [1.29, 1.82) is 0 Å². The molecule has 0 spiro atoms. The van der Waals surface area contributed by atoms with Crippen molar-refractivity contribution in [3.05, 3.63) is 170 Å². The molecular weight excluding hydrogens is 901 g/mol. The molecule has 0 aliphatic heterocycles. The van der Waals surface area contributed by atoms with Crippen molar-refractivity contribution < 1.29 is 28.6 Å². The van der Waals surface area contributed by atoms with E-state index in [1.165, 1.54) is 51.4 Å². The van der Waals surface area contributed by atoms with Crippen molar-refractivity contribution in [3.8, 4) is 0 Å². The van der Waals surface area contributed by atoms with Gasteiger partial charge in [0, 0.05) is 19.3 Å². The Morgan fingerprint density at radius 1 is 0.288 bits per heavy atom. The third-order valence-electron chi connectivity index (χ3n) is 11.2. The number of hydrogen-bond donors (Lipinski definition) is 0. The Balaban J connectivity index is 4.69. The largest absolute Gasteiger partial charge is 0.462 e. The molecule has 0 aliphatic carbocycles. The van der Waals surface area contributed by atoms with Crippen LogP contribution in [-0.2, 0) is 28.6 Å². The molecule has 0 radical (unpaired) electrons. The fourth-order valence-electron chi connectivity index (χ4n) is 6.91. The third kappa shape index (κ3) is 57.5. The zero-order valence-corrected chi connectivity index (χ0v) is 46.3. The van der Waals surface area contributed by atoms with Gasteiger partial charge in [-0.15, -0.1) is 0 Å². The number of esters is 3. The lowest BCUT2D eigenvalue weighted by molar-refractivity contribution is -0.166. The first kappa shape index (κ1) is 67.8. The number of unbranched alkanes of at least 4 members (excludes halogenated alkanes) is 10. The number of allylic oxidation sites excluding steroid dienone is 28. The van der Waals surface area contributed by atoms with Crippen LogP contribution in [0.1, 0.15) is 213 Å². The monoisotopic (exact) mass is 1000 g/mol. The van der Waals surface area contributed by atoms with E-state index in [1.807, 2.05) is 12.2 Å². The summed E-state index contributed by atoms with van der Waals surface area (Å²) in [7, 11) is 0. The molecule has 0 fully saturated rings. The van der Waals surface area contributed by atoms with Crippen LogP contribution < -0.4 is 0 Å². The minimum absolute atomic E-state index is 0.151. The van der Waals surface area contributed by atoms with Crippen LogP contribution in [0.25, 0.3) is 0 Å². The van der Waals surface area contributed by atoms with Crippen LogP contribution in [0.2, 0.25) is 0 Å². The molecule has 0 saturated heterocycles. The van der Waals surface area contributed by atoms with Crippen molar-refractivity contribution in [2.24, 2.45) is 0 Å². The molecule has 0 aromatic carbocycles. The Morgan fingerprint density at radius 3 is 0.932 bits per heavy atom. The Bertz CT molecular complexity index is 1720. The summed E-state index contributed by atoms with van der Waals surface area (Å²) in [4.78, 5) is 38.1. The molecule has 406 valence electrons. The minimum Gasteiger partial charge on any atom is -0.462 e. The maximum Gasteiger partial charge on any atom is 0.306 e. The summed E-state index contributed by atoms with van der Waals surface area (Å²) in [6.45, 7) is 6.31. The maximum atomic E-state index is 12.9. The highest BCUT2D eigenvalue weighted by Crippen LogP contribution is 2.10. The van der Waals surface area contributed by atoms with E-state index in [2.05, 4.69) is 179 Å². The van der Waals surface area contributed by atoms with Crippen molar-refractivity contribution in [2.45, 2.75) is 219 Å². The summed E-state index contributed by atoms with van der Waals surface area (Å²) in [5.74, 6) is -1.13. The lowest BCUT2D eigenvalue weighted by atomic mass is 10.1. The van der Waals surface area contributed by atoms with Crippen LogP contribution in [0.3, 0.4) is 0 Å². The second-order valence-corrected chi connectivity index (χ2v) is 18.1. The lowest BCUT2D eigenvalue weighted by Gasteiger charge is -2.18. The van der Waals surface area contributed by atoms with Crippen LogP contribution in [-0.4, -0.2) is 37.2 Å². The van der Waals surface area contributed by atoms with Crippen molar-refractivity contribution in [2.75, 3.05) is 13.2 Å². The van der Waals surface area contributed by atoms with E-state index in [1.54, 1.807) is 0 Å². The average Bonchev–Trinajstić information content (AvgIpc) is 3.39. The first-order chi connectivity index (χ1) is 36.0. The van der Waals surface area contributed by atoms with Crippen molar-refractivity contribution >= 4 is 17.9 Å². The van der Waals surface area contributed by atoms with E-state index in [0.29, 0.717) is 19.3 Å². The van der Waals surface area contributed by atoms with E-state index >= 15 is 0 Å². The van der Waals surface area contributed by atoms with Gasteiger partial charge in [0.15, 0.2) is 6.10 Å². The Hall–Kier alpha value is -5.23. The van der Waals surface area contributed by atoms with Gasteiger partial charge in [-0.05, 0) is 141 Å². The minimum atomic E-state index is -0.858. The van der Waals surface area contributed by atoms with Crippen LogP contribution in [0, 0.1) is 0 Å². The molecule has 0 saturated carbocycles. The van der Waals surface area contributed by atoms with Gasteiger partial charge in [-0.2, -0.15) is 0 Å². The van der Waals surface area contributed by atoms with Gasteiger partial charge in [0.25, 0.3) is 0 Å². The zero-order chi connectivity index (χ0) is 52.9. The van der Waals surface area contributed by atoms with Crippen LogP contribution in [0.5, 0.6) is 0 Å². The number of carbonyl (C=O) groups excluding carboxylic acids is 3. The predicted octanol–water partition coefficient (Wildman–Crippen LogP) is 19.5. The quantitative estimate of drug-likeness (QED) is 0.0261. The Kier molecular flexibility index (Phi) is 55.1. The molecule has 6 heteroatoms. The first-order valence-electron chi connectivity index (χ1n) is 28.6. The zero-order valence-electron chi connectivity index (χ0n) is 46.3. The highest BCUT2D eigenvalue weighted by Gasteiger charge is 2.19. The summed E-state index contributed by atoms with van der Waals surface area (Å²) >= 11 is 0. The normalized spacial score (nSPS) is 13.4. The summed E-state index contributed by atoms with van der Waals surface area (Å²) in [5, 5.41) is 0. The Labute approximate surface area is 447 Å². The molecule has 0 bridgehead atoms. The molecular formula is C67H102O6. The molecule has 0 heterocycles.